The maximum atomic E-state index is 6.10. The molecule has 0 amide bonds. The molecule has 2 heterocycles. The van der Waals surface area contributed by atoms with Crippen molar-refractivity contribution in [3.05, 3.63) is 29.8 Å². The van der Waals surface area contributed by atoms with Crippen molar-refractivity contribution in [2.24, 2.45) is 0 Å². The summed E-state index contributed by atoms with van der Waals surface area (Å²) in [6.45, 7) is 10.5. The summed E-state index contributed by atoms with van der Waals surface area (Å²) in [6, 6.07) is 8.62. The lowest BCUT2D eigenvalue weighted by Gasteiger charge is -2.32. The average Bonchev–Trinajstić information content (AvgIpc) is 2.46. The van der Waals surface area contributed by atoms with Gasteiger partial charge in [0.15, 0.2) is 0 Å². The van der Waals surface area contributed by atoms with E-state index in [9.17, 15) is 0 Å². The largest absolute Gasteiger partial charge is 0.494 e. The fourth-order valence-corrected chi connectivity index (χ4v) is 2.46. The van der Waals surface area contributed by atoms with E-state index < -0.39 is 0 Å². The van der Waals surface area contributed by atoms with Crippen molar-refractivity contribution in [1.29, 1.82) is 0 Å². The van der Waals surface area contributed by atoms with Gasteiger partial charge in [0.25, 0.3) is 0 Å². The summed E-state index contributed by atoms with van der Waals surface area (Å²) in [7, 11) is -0.252. The van der Waals surface area contributed by atoms with Crippen molar-refractivity contribution >= 4 is 12.6 Å². The topological polar surface area (TPSA) is 30.5 Å². The number of hydrogen-bond acceptors (Lipinski definition) is 3. The van der Waals surface area contributed by atoms with Crippen LogP contribution in [0.25, 0.3) is 0 Å². The van der Waals surface area contributed by atoms with E-state index in [1.54, 1.807) is 0 Å². The van der Waals surface area contributed by atoms with Crippen LogP contribution in [0.3, 0.4) is 0 Å². The van der Waals surface area contributed by atoms with Gasteiger partial charge >= 0.3 is 7.12 Å². The fourth-order valence-electron chi connectivity index (χ4n) is 2.46. The molecule has 0 aliphatic carbocycles. The molecule has 0 radical (unpaired) electrons. The van der Waals surface area contributed by atoms with E-state index in [1.165, 1.54) is 5.56 Å². The Kier molecular flexibility index (Phi) is 3.00. The predicted octanol–water partition coefficient (Wildman–Crippen LogP) is 1.67. The standard InChI is InChI=1S/C15H22BNO2/c1-14(2)15(3,4)19-16(18-14)13-7-5-6-11(8-13)12-9-17-10-12/h5-8,12,17H,9-10H2,1-4H3. The summed E-state index contributed by atoms with van der Waals surface area (Å²) in [4.78, 5) is 0. The van der Waals surface area contributed by atoms with Crippen LogP contribution in [0.4, 0.5) is 0 Å². The monoisotopic (exact) mass is 259 g/mol. The molecule has 0 atom stereocenters. The summed E-state index contributed by atoms with van der Waals surface area (Å²) in [5.74, 6) is 0.641. The van der Waals surface area contributed by atoms with Crippen molar-refractivity contribution < 1.29 is 9.31 Å². The highest BCUT2D eigenvalue weighted by molar-refractivity contribution is 6.62. The van der Waals surface area contributed by atoms with Gasteiger partial charge < -0.3 is 14.6 Å². The van der Waals surface area contributed by atoms with Crippen molar-refractivity contribution in [1.82, 2.24) is 5.32 Å². The molecule has 102 valence electrons. The van der Waals surface area contributed by atoms with E-state index in [-0.39, 0.29) is 18.3 Å². The van der Waals surface area contributed by atoms with Crippen LogP contribution in [0.2, 0.25) is 0 Å². The van der Waals surface area contributed by atoms with E-state index in [4.69, 9.17) is 9.31 Å². The predicted molar refractivity (Wildman–Crippen MR) is 77.8 cm³/mol. The Bertz CT molecular complexity index is 467. The van der Waals surface area contributed by atoms with Crippen LogP contribution in [0, 0.1) is 0 Å². The SMILES string of the molecule is CC1(C)OB(c2cccc(C3CNC3)c2)OC1(C)C. The van der Waals surface area contributed by atoms with Gasteiger partial charge in [-0.25, -0.2) is 0 Å². The maximum Gasteiger partial charge on any atom is 0.494 e. The van der Waals surface area contributed by atoms with Crippen LogP contribution in [-0.4, -0.2) is 31.4 Å². The Balaban J connectivity index is 1.83. The normalized spacial score (nSPS) is 25.4. The highest BCUT2D eigenvalue weighted by atomic mass is 16.7. The molecule has 3 rings (SSSR count). The molecule has 19 heavy (non-hydrogen) atoms. The van der Waals surface area contributed by atoms with Gasteiger partial charge in [0.05, 0.1) is 11.2 Å². The number of hydrogen-bond donors (Lipinski definition) is 1. The van der Waals surface area contributed by atoms with Crippen molar-refractivity contribution in [2.45, 2.75) is 44.8 Å². The molecule has 1 aromatic rings. The smallest absolute Gasteiger partial charge is 0.399 e. The second-order valence-electron chi connectivity index (χ2n) is 6.61. The molecular formula is C15H22BNO2. The number of benzene rings is 1. The van der Waals surface area contributed by atoms with E-state index in [0.29, 0.717) is 5.92 Å². The molecule has 0 saturated carbocycles. The molecule has 4 heteroatoms. The molecule has 0 spiro atoms. The fraction of sp³-hybridized carbons (Fsp3) is 0.600. The van der Waals surface area contributed by atoms with Crippen LogP contribution < -0.4 is 10.8 Å². The molecule has 2 aliphatic rings. The van der Waals surface area contributed by atoms with Crippen LogP contribution in [-0.2, 0) is 9.31 Å². The van der Waals surface area contributed by atoms with Gasteiger partial charge in [-0.1, -0.05) is 24.3 Å². The third kappa shape index (κ3) is 2.22. The molecule has 0 aromatic heterocycles. The van der Waals surface area contributed by atoms with E-state index in [1.807, 2.05) is 0 Å². The quantitative estimate of drug-likeness (QED) is 0.819. The first-order valence-electron chi connectivity index (χ1n) is 7.05. The first-order chi connectivity index (χ1) is 8.89. The highest BCUT2D eigenvalue weighted by Gasteiger charge is 2.51. The number of nitrogens with one attached hydrogen (secondary N) is 1. The Hall–Kier alpha value is -0.835. The zero-order valence-corrected chi connectivity index (χ0v) is 12.2. The van der Waals surface area contributed by atoms with E-state index >= 15 is 0 Å². The van der Waals surface area contributed by atoms with Gasteiger partial charge in [-0.15, -0.1) is 0 Å². The van der Waals surface area contributed by atoms with Gasteiger partial charge in [0.1, 0.15) is 0 Å². The zero-order chi connectivity index (χ0) is 13.7. The first-order valence-corrected chi connectivity index (χ1v) is 7.05. The van der Waals surface area contributed by atoms with Gasteiger partial charge in [-0.2, -0.15) is 0 Å². The van der Waals surface area contributed by atoms with Crippen molar-refractivity contribution in [3.8, 4) is 0 Å². The lowest BCUT2D eigenvalue weighted by atomic mass is 9.77. The Morgan fingerprint density at radius 1 is 1.11 bits per heavy atom. The summed E-state index contributed by atoms with van der Waals surface area (Å²) >= 11 is 0. The third-order valence-corrected chi connectivity index (χ3v) is 4.69. The first kappa shape index (κ1) is 13.2. The average molecular weight is 259 g/mol. The molecule has 3 nitrogen and oxygen atoms in total. The highest BCUT2D eigenvalue weighted by Crippen LogP contribution is 2.36. The lowest BCUT2D eigenvalue weighted by molar-refractivity contribution is 0.00578. The zero-order valence-electron chi connectivity index (χ0n) is 12.2. The minimum atomic E-state index is -0.272. The summed E-state index contributed by atoms with van der Waals surface area (Å²) in [5, 5.41) is 3.31. The third-order valence-electron chi connectivity index (χ3n) is 4.69. The minimum Gasteiger partial charge on any atom is -0.399 e. The molecule has 2 aliphatic heterocycles. The van der Waals surface area contributed by atoms with E-state index in [2.05, 4.69) is 57.3 Å². The van der Waals surface area contributed by atoms with Crippen LogP contribution in [0.5, 0.6) is 0 Å². The minimum absolute atomic E-state index is 0.252. The second-order valence-corrected chi connectivity index (χ2v) is 6.61. The Labute approximate surface area is 115 Å². The van der Waals surface area contributed by atoms with Gasteiger partial charge in [0.2, 0.25) is 0 Å². The van der Waals surface area contributed by atoms with E-state index in [0.717, 1.165) is 18.6 Å². The second kappa shape index (κ2) is 4.34. The maximum absolute atomic E-state index is 6.10. The lowest BCUT2D eigenvalue weighted by Crippen LogP contribution is -2.41. The van der Waals surface area contributed by atoms with Crippen molar-refractivity contribution in [3.63, 3.8) is 0 Å². The Morgan fingerprint density at radius 2 is 1.74 bits per heavy atom. The number of rotatable bonds is 2. The van der Waals surface area contributed by atoms with Gasteiger partial charge in [0, 0.05) is 19.0 Å². The van der Waals surface area contributed by atoms with Crippen LogP contribution in [0.1, 0.15) is 39.2 Å². The molecule has 2 saturated heterocycles. The molecule has 1 N–H and O–H groups in total. The molecule has 1 aromatic carbocycles. The molecular weight excluding hydrogens is 237 g/mol. The Morgan fingerprint density at radius 3 is 2.26 bits per heavy atom. The van der Waals surface area contributed by atoms with Crippen LogP contribution >= 0.6 is 0 Å². The molecule has 2 fully saturated rings. The summed E-state index contributed by atoms with van der Waals surface area (Å²) < 4.78 is 12.2. The molecule has 0 unspecified atom stereocenters. The van der Waals surface area contributed by atoms with Gasteiger partial charge in [-0.3, -0.25) is 0 Å². The molecule has 0 bridgehead atoms. The van der Waals surface area contributed by atoms with Crippen LogP contribution in [0.15, 0.2) is 24.3 Å². The summed E-state index contributed by atoms with van der Waals surface area (Å²) in [6.07, 6.45) is 0. The van der Waals surface area contributed by atoms with Crippen molar-refractivity contribution in [2.75, 3.05) is 13.1 Å². The van der Waals surface area contributed by atoms with Gasteiger partial charge in [-0.05, 0) is 38.7 Å². The summed E-state index contributed by atoms with van der Waals surface area (Å²) in [5.41, 5.74) is 1.96.